The van der Waals surface area contributed by atoms with Crippen molar-refractivity contribution >= 4 is 11.8 Å². The van der Waals surface area contributed by atoms with Crippen LogP contribution in [0.4, 0.5) is 0 Å². The first-order valence-electron chi connectivity index (χ1n) is 2.82. The molecule has 1 aliphatic heterocycles. The fourth-order valence-electron chi connectivity index (χ4n) is 0.855. The first-order valence-corrected chi connectivity index (χ1v) is 2.82. The number of quaternary nitrogens is 1. The number of piperazine rings is 1. The minimum Gasteiger partial charge on any atom is -0.322 e. The summed E-state index contributed by atoms with van der Waals surface area (Å²) in [5.74, 6) is -0.354. The van der Waals surface area contributed by atoms with Crippen molar-refractivity contribution in [2.45, 2.75) is 0 Å². The number of likely N-dealkylation sites (N-methyl/N-ethyl adjacent to an activating group) is 1. The standard InChI is InChI=1S/C5H8N2O2/c1-7-2-4(8)6-5(9)3-7/h2-3H2,1H3,(H,6,8,9)/p+1. The van der Waals surface area contributed by atoms with E-state index in [1.54, 1.807) is 0 Å². The van der Waals surface area contributed by atoms with E-state index in [-0.39, 0.29) is 11.8 Å². The number of hydrogen-bond donors (Lipinski definition) is 2. The summed E-state index contributed by atoms with van der Waals surface area (Å²) < 4.78 is 0. The Morgan fingerprint density at radius 3 is 2.11 bits per heavy atom. The highest BCUT2D eigenvalue weighted by atomic mass is 16.2. The van der Waals surface area contributed by atoms with Crippen molar-refractivity contribution in [2.75, 3.05) is 20.1 Å². The third-order valence-electron chi connectivity index (χ3n) is 1.20. The molecule has 0 aromatic heterocycles. The summed E-state index contributed by atoms with van der Waals surface area (Å²) in [5.41, 5.74) is 0. The highest BCUT2D eigenvalue weighted by molar-refractivity contribution is 5.97. The van der Waals surface area contributed by atoms with Gasteiger partial charge in [0.25, 0.3) is 11.8 Å². The number of carbonyl (C=O) groups is 2. The van der Waals surface area contributed by atoms with Gasteiger partial charge >= 0.3 is 0 Å². The molecule has 2 N–H and O–H groups in total. The highest BCUT2D eigenvalue weighted by Gasteiger charge is 2.21. The molecule has 50 valence electrons. The predicted octanol–water partition coefficient (Wildman–Crippen LogP) is -2.84. The van der Waals surface area contributed by atoms with Crippen LogP contribution in [-0.2, 0) is 9.59 Å². The molecule has 0 atom stereocenters. The number of nitrogens with one attached hydrogen (secondary N) is 2. The topological polar surface area (TPSA) is 50.6 Å². The second-order valence-corrected chi connectivity index (χ2v) is 2.28. The van der Waals surface area contributed by atoms with Crippen molar-refractivity contribution in [3.05, 3.63) is 0 Å². The molecule has 1 fully saturated rings. The van der Waals surface area contributed by atoms with Crippen LogP contribution in [0, 0.1) is 0 Å². The van der Waals surface area contributed by atoms with Crippen LogP contribution in [0.3, 0.4) is 0 Å². The average molecular weight is 129 g/mol. The fraction of sp³-hybridized carbons (Fsp3) is 0.600. The SMILES string of the molecule is C[NH+]1CC(=O)NC(=O)C1. The minimum absolute atomic E-state index is 0.177. The van der Waals surface area contributed by atoms with Gasteiger partial charge in [0.2, 0.25) is 0 Å². The molecule has 0 aliphatic carbocycles. The average Bonchev–Trinajstić information content (AvgIpc) is 1.59. The van der Waals surface area contributed by atoms with Crippen molar-refractivity contribution in [3.8, 4) is 0 Å². The number of imide groups is 1. The Labute approximate surface area is 52.8 Å². The zero-order valence-electron chi connectivity index (χ0n) is 5.23. The summed E-state index contributed by atoms with van der Waals surface area (Å²) in [6.07, 6.45) is 0. The molecule has 1 saturated heterocycles. The van der Waals surface area contributed by atoms with Crippen molar-refractivity contribution in [1.29, 1.82) is 0 Å². The molecule has 1 aliphatic rings. The third kappa shape index (κ3) is 1.50. The van der Waals surface area contributed by atoms with E-state index in [4.69, 9.17) is 0 Å². The van der Waals surface area contributed by atoms with E-state index in [2.05, 4.69) is 5.32 Å². The monoisotopic (exact) mass is 129 g/mol. The molecule has 0 saturated carbocycles. The molecule has 1 rings (SSSR count). The quantitative estimate of drug-likeness (QED) is 0.346. The Hall–Kier alpha value is -0.900. The van der Waals surface area contributed by atoms with E-state index in [1.807, 2.05) is 7.05 Å². The molecule has 4 heteroatoms. The van der Waals surface area contributed by atoms with Crippen LogP contribution in [0.1, 0.15) is 0 Å². The second-order valence-electron chi connectivity index (χ2n) is 2.28. The van der Waals surface area contributed by atoms with E-state index < -0.39 is 0 Å². The molecule has 0 bridgehead atoms. The Balaban J connectivity index is 2.53. The third-order valence-corrected chi connectivity index (χ3v) is 1.20. The van der Waals surface area contributed by atoms with Crippen LogP contribution in [-0.4, -0.2) is 32.0 Å². The molecule has 0 spiro atoms. The molecule has 0 aromatic rings. The van der Waals surface area contributed by atoms with Gasteiger partial charge in [-0.05, 0) is 0 Å². The van der Waals surface area contributed by atoms with Crippen molar-refractivity contribution in [1.82, 2.24) is 5.32 Å². The normalized spacial score (nSPS) is 21.9. The maximum absolute atomic E-state index is 10.5. The van der Waals surface area contributed by atoms with Gasteiger partial charge in [0.1, 0.15) is 0 Å². The molecule has 2 amide bonds. The number of hydrogen-bond acceptors (Lipinski definition) is 2. The maximum Gasteiger partial charge on any atom is 0.281 e. The Morgan fingerprint density at radius 2 is 1.78 bits per heavy atom. The largest absolute Gasteiger partial charge is 0.322 e. The summed E-state index contributed by atoms with van der Waals surface area (Å²) in [6.45, 7) is 0.817. The zero-order chi connectivity index (χ0) is 6.85. The molecule has 0 radical (unpaired) electrons. The van der Waals surface area contributed by atoms with Crippen LogP contribution in [0.5, 0.6) is 0 Å². The first kappa shape index (κ1) is 6.22. The Kier molecular flexibility index (Phi) is 1.48. The van der Waals surface area contributed by atoms with E-state index in [1.165, 1.54) is 0 Å². The lowest BCUT2D eigenvalue weighted by Crippen LogP contribution is -3.13. The van der Waals surface area contributed by atoms with Gasteiger partial charge in [0, 0.05) is 0 Å². The Bertz CT molecular complexity index is 139. The van der Waals surface area contributed by atoms with Gasteiger partial charge in [-0.25, -0.2) is 0 Å². The maximum atomic E-state index is 10.5. The smallest absolute Gasteiger partial charge is 0.281 e. The van der Waals surface area contributed by atoms with Gasteiger partial charge in [0.05, 0.1) is 7.05 Å². The minimum atomic E-state index is -0.177. The summed E-state index contributed by atoms with van der Waals surface area (Å²) in [5, 5.41) is 2.21. The van der Waals surface area contributed by atoms with Crippen molar-refractivity contribution in [2.24, 2.45) is 0 Å². The summed E-state index contributed by atoms with van der Waals surface area (Å²) in [6, 6.07) is 0. The van der Waals surface area contributed by atoms with Gasteiger partial charge in [-0.3, -0.25) is 14.9 Å². The van der Waals surface area contributed by atoms with E-state index >= 15 is 0 Å². The zero-order valence-corrected chi connectivity index (χ0v) is 5.23. The van der Waals surface area contributed by atoms with Gasteiger partial charge in [-0.1, -0.05) is 0 Å². The van der Waals surface area contributed by atoms with E-state index in [0.29, 0.717) is 13.1 Å². The van der Waals surface area contributed by atoms with Crippen LogP contribution in [0.2, 0.25) is 0 Å². The fourth-order valence-corrected chi connectivity index (χ4v) is 0.855. The number of rotatable bonds is 0. The van der Waals surface area contributed by atoms with E-state index in [9.17, 15) is 9.59 Å². The Morgan fingerprint density at radius 1 is 1.33 bits per heavy atom. The predicted molar refractivity (Wildman–Crippen MR) is 29.8 cm³/mol. The van der Waals surface area contributed by atoms with Crippen LogP contribution >= 0.6 is 0 Å². The molecule has 4 nitrogen and oxygen atoms in total. The number of amides is 2. The van der Waals surface area contributed by atoms with E-state index in [0.717, 1.165) is 4.90 Å². The van der Waals surface area contributed by atoms with Gasteiger partial charge < -0.3 is 4.90 Å². The van der Waals surface area contributed by atoms with Gasteiger partial charge in [-0.15, -0.1) is 0 Å². The van der Waals surface area contributed by atoms with Crippen LogP contribution < -0.4 is 10.2 Å². The summed E-state index contributed by atoms with van der Waals surface area (Å²) in [4.78, 5) is 22.0. The van der Waals surface area contributed by atoms with Crippen LogP contribution in [0.25, 0.3) is 0 Å². The molecule has 1 heterocycles. The lowest BCUT2D eigenvalue weighted by molar-refractivity contribution is -0.864. The lowest BCUT2D eigenvalue weighted by atomic mass is 10.4. The lowest BCUT2D eigenvalue weighted by Gasteiger charge is -2.17. The summed E-state index contributed by atoms with van der Waals surface area (Å²) >= 11 is 0. The molecule has 9 heavy (non-hydrogen) atoms. The van der Waals surface area contributed by atoms with Gasteiger partial charge in [-0.2, -0.15) is 0 Å². The molecule has 0 aromatic carbocycles. The van der Waals surface area contributed by atoms with Crippen LogP contribution in [0.15, 0.2) is 0 Å². The summed E-state index contributed by atoms with van der Waals surface area (Å²) in [7, 11) is 1.82. The second kappa shape index (κ2) is 2.14. The molecule has 0 unspecified atom stereocenters. The van der Waals surface area contributed by atoms with Gasteiger partial charge in [0.15, 0.2) is 13.1 Å². The number of carbonyl (C=O) groups excluding carboxylic acids is 2. The molecular formula is C5H9N2O2+. The highest BCUT2D eigenvalue weighted by Crippen LogP contribution is 1.67. The van der Waals surface area contributed by atoms with Crippen molar-refractivity contribution in [3.63, 3.8) is 0 Å². The first-order chi connectivity index (χ1) is 4.18. The molecular weight excluding hydrogens is 120 g/mol. The van der Waals surface area contributed by atoms with Crippen molar-refractivity contribution < 1.29 is 14.5 Å².